The standard InChI is InChI=1S/C26H18BrCl2F3N4O2S/c27-21-8-15(4-7-23(21)38-13-16-5-6-18(28)10-22(16)29)12-33-36-24(37)11-20-14-39-25(35-20)34-19-3-1-2-17(9-19)26(30,31)32/h1-10,12,14H,11,13H2,(H,34,35)(H,36,37)/b33-12-. The zero-order valence-electron chi connectivity index (χ0n) is 19.7. The van der Waals surface area contributed by atoms with Crippen LogP contribution in [-0.4, -0.2) is 17.1 Å². The summed E-state index contributed by atoms with van der Waals surface area (Å²) in [6, 6.07) is 15.3. The summed E-state index contributed by atoms with van der Waals surface area (Å²) in [6.45, 7) is 0.256. The number of hydrogen-bond donors (Lipinski definition) is 2. The van der Waals surface area contributed by atoms with Crippen molar-refractivity contribution < 1.29 is 22.7 Å². The summed E-state index contributed by atoms with van der Waals surface area (Å²) in [7, 11) is 0. The summed E-state index contributed by atoms with van der Waals surface area (Å²) in [5, 5.41) is 9.86. The molecule has 2 N–H and O–H groups in total. The lowest BCUT2D eigenvalue weighted by atomic mass is 10.2. The summed E-state index contributed by atoms with van der Waals surface area (Å²) in [6.07, 6.45) is -3.02. The molecule has 0 atom stereocenters. The number of nitrogens with zero attached hydrogens (tertiary/aromatic N) is 2. The third-order valence-electron chi connectivity index (χ3n) is 5.09. The van der Waals surface area contributed by atoms with Gasteiger partial charge in [-0.25, -0.2) is 10.4 Å². The lowest BCUT2D eigenvalue weighted by Crippen LogP contribution is -2.19. The largest absolute Gasteiger partial charge is 0.488 e. The molecule has 0 aliphatic carbocycles. The number of thiazole rings is 1. The number of hydrazone groups is 1. The van der Waals surface area contributed by atoms with Crippen molar-refractivity contribution in [2.45, 2.75) is 19.2 Å². The van der Waals surface area contributed by atoms with Gasteiger partial charge in [0, 0.05) is 26.7 Å². The smallest absolute Gasteiger partial charge is 0.416 e. The normalized spacial score (nSPS) is 11.5. The molecule has 0 saturated heterocycles. The van der Waals surface area contributed by atoms with Crippen LogP contribution in [-0.2, 0) is 24.0 Å². The van der Waals surface area contributed by atoms with E-state index in [1.54, 1.807) is 41.8 Å². The molecule has 0 aliphatic rings. The van der Waals surface area contributed by atoms with Crippen LogP contribution in [0.3, 0.4) is 0 Å². The molecule has 0 fully saturated rings. The molecule has 1 aromatic heterocycles. The minimum atomic E-state index is -4.44. The summed E-state index contributed by atoms with van der Waals surface area (Å²) in [5.74, 6) is 0.196. The number of halogens is 6. The van der Waals surface area contributed by atoms with Crippen LogP contribution in [0.25, 0.3) is 0 Å². The predicted octanol–water partition coefficient (Wildman–Crippen LogP) is 8.25. The second-order valence-electron chi connectivity index (χ2n) is 8.03. The van der Waals surface area contributed by atoms with Crippen molar-refractivity contribution >= 4 is 73.4 Å². The molecule has 39 heavy (non-hydrogen) atoms. The molecule has 202 valence electrons. The van der Waals surface area contributed by atoms with E-state index in [1.165, 1.54) is 29.7 Å². The molecular formula is C26H18BrCl2F3N4O2S. The van der Waals surface area contributed by atoms with Crippen molar-refractivity contribution in [3.8, 4) is 5.75 Å². The van der Waals surface area contributed by atoms with E-state index in [9.17, 15) is 18.0 Å². The first-order chi connectivity index (χ1) is 18.6. The van der Waals surface area contributed by atoms with Gasteiger partial charge in [0.25, 0.3) is 0 Å². The summed E-state index contributed by atoms with van der Waals surface area (Å²) < 4.78 is 45.2. The monoisotopic (exact) mass is 656 g/mol. The van der Waals surface area contributed by atoms with Gasteiger partial charge < -0.3 is 10.1 Å². The van der Waals surface area contributed by atoms with Crippen LogP contribution in [0.5, 0.6) is 5.75 Å². The first-order valence-corrected chi connectivity index (χ1v) is 13.6. The molecule has 4 rings (SSSR count). The Morgan fingerprint density at radius 1 is 1.13 bits per heavy atom. The molecule has 6 nitrogen and oxygen atoms in total. The van der Waals surface area contributed by atoms with Gasteiger partial charge in [-0.3, -0.25) is 4.79 Å². The van der Waals surface area contributed by atoms with Gasteiger partial charge in [0.15, 0.2) is 5.13 Å². The first kappa shape index (κ1) is 28.9. The maximum Gasteiger partial charge on any atom is 0.416 e. The van der Waals surface area contributed by atoms with Crippen molar-refractivity contribution in [2.75, 3.05) is 5.32 Å². The van der Waals surface area contributed by atoms with Gasteiger partial charge in [0.2, 0.25) is 5.91 Å². The molecule has 0 aliphatic heterocycles. The van der Waals surface area contributed by atoms with Crippen LogP contribution in [0.15, 0.2) is 75.6 Å². The second-order valence-corrected chi connectivity index (χ2v) is 10.6. The predicted molar refractivity (Wildman–Crippen MR) is 151 cm³/mol. The number of alkyl halides is 3. The maximum atomic E-state index is 12.9. The van der Waals surface area contributed by atoms with Gasteiger partial charge >= 0.3 is 6.18 Å². The summed E-state index contributed by atoms with van der Waals surface area (Å²) >= 11 is 16.7. The highest BCUT2D eigenvalue weighted by atomic mass is 79.9. The number of amides is 1. The van der Waals surface area contributed by atoms with E-state index in [-0.39, 0.29) is 18.7 Å². The Morgan fingerprint density at radius 2 is 1.95 bits per heavy atom. The lowest BCUT2D eigenvalue weighted by molar-refractivity contribution is -0.137. The number of anilines is 2. The minimum absolute atomic E-state index is 0.0537. The van der Waals surface area contributed by atoms with Crippen LogP contribution in [0.2, 0.25) is 10.0 Å². The number of benzene rings is 3. The van der Waals surface area contributed by atoms with E-state index in [1.807, 2.05) is 0 Å². The molecule has 4 aromatic rings. The number of rotatable bonds is 9. The van der Waals surface area contributed by atoms with Crippen LogP contribution < -0.4 is 15.5 Å². The van der Waals surface area contributed by atoms with Crippen molar-refractivity contribution in [1.29, 1.82) is 0 Å². The topological polar surface area (TPSA) is 75.6 Å². The average molecular weight is 658 g/mol. The Morgan fingerprint density at radius 3 is 2.69 bits per heavy atom. The first-order valence-electron chi connectivity index (χ1n) is 11.1. The second kappa shape index (κ2) is 12.8. The van der Waals surface area contributed by atoms with E-state index >= 15 is 0 Å². The fourth-order valence-corrected chi connectivity index (χ4v) is 4.94. The van der Waals surface area contributed by atoms with Gasteiger partial charge in [-0.15, -0.1) is 11.3 Å². The molecule has 0 unspecified atom stereocenters. The molecule has 1 amide bonds. The molecule has 0 bridgehead atoms. The minimum Gasteiger partial charge on any atom is -0.488 e. The number of carbonyl (C=O) groups is 1. The zero-order chi connectivity index (χ0) is 28.0. The fraction of sp³-hybridized carbons (Fsp3) is 0.115. The Hall–Kier alpha value is -3.12. The fourth-order valence-electron chi connectivity index (χ4n) is 3.23. The van der Waals surface area contributed by atoms with Crippen molar-refractivity contribution in [3.63, 3.8) is 0 Å². The summed E-state index contributed by atoms with van der Waals surface area (Å²) in [5.41, 5.74) is 3.86. The van der Waals surface area contributed by atoms with Gasteiger partial charge in [-0.1, -0.05) is 35.3 Å². The Kier molecular flexibility index (Phi) is 9.49. The third-order valence-corrected chi connectivity index (χ3v) is 7.10. The van der Waals surface area contributed by atoms with E-state index in [2.05, 4.69) is 36.8 Å². The van der Waals surface area contributed by atoms with Gasteiger partial charge in [-0.05, 0) is 70.0 Å². The van der Waals surface area contributed by atoms with Crippen LogP contribution in [0, 0.1) is 0 Å². The molecule has 0 radical (unpaired) electrons. The Balaban J connectivity index is 1.27. The van der Waals surface area contributed by atoms with Crippen LogP contribution >= 0.6 is 50.5 Å². The number of nitrogens with one attached hydrogen (secondary N) is 2. The summed E-state index contributed by atoms with van der Waals surface area (Å²) in [4.78, 5) is 16.5. The highest BCUT2D eigenvalue weighted by Gasteiger charge is 2.30. The van der Waals surface area contributed by atoms with Crippen molar-refractivity contribution in [3.05, 3.63) is 103 Å². The molecule has 0 saturated carbocycles. The number of carbonyl (C=O) groups excluding carboxylic acids is 1. The van der Waals surface area contributed by atoms with Crippen LogP contribution in [0.4, 0.5) is 24.0 Å². The van der Waals surface area contributed by atoms with E-state index in [0.717, 1.165) is 17.7 Å². The molecule has 13 heteroatoms. The quantitative estimate of drug-likeness (QED) is 0.140. The van der Waals surface area contributed by atoms with Crippen LogP contribution in [0.1, 0.15) is 22.4 Å². The van der Waals surface area contributed by atoms with Crippen molar-refractivity contribution in [2.24, 2.45) is 5.10 Å². The Labute approximate surface area is 243 Å². The molecule has 0 spiro atoms. The van der Waals surface area contributed by atoms with Gasteiger partial charge in [0.1, 0.15) is 12.4 Å². The molecule has 1 heterocycles. The highest BCUT2D eigenvalue weighted by molar-refractivity contribution is 9.10. The zero-order valence-corrected chi connectivity index (χ0v) is 23.6. The molecular weight excluding hydrogens is 640 g/mol. The Bertz CT molecular complexity index is 1510. The number of aromatic nitrogens is 1. The number of ether oxygens (including phenoxy) is 1. The lowest BCUT2D eigenvalue weighted by Gasteiger charge is -2.10. The van der Waals surface area contributed by atoms with Crippen molar-refractivity contribution in [1.82, 2.24) is 10.4 Å². The number of hydrogen-bond acceptors (Lipinski definition) is 6. The third kappa shape index (κ3) is 8.43. The van der Waals surface area contributed by atoms with E-state index < -0.39 is 17.6 Å². The van der Waals surface area contributed by atoms with E-state index in [0.29, 0.717) is 36.7 Å². The molecule has 3 aromatic carbocycles. The maximum absolute atomic E-state index is 12.9. The highest BCUT2D eigenvalue weighted by Crippen LogP contribution is 2.32. The van der Waals surface area contributed by atoms with E-state index in [4.69, 9.17) is 27.9 Å². The average Bonchev–Trinajstić information content (AvgIpc) is 3.30. The van der Waals surface area contributed by atoms with Gasteiger partial charge in [-0.2, -0.15) is 18.3 Å². The van der Waals surface area contributed by atoms with Gasteiger partial charge in [0.05, 0.1) is 28.4 Å². The SMILES string of the molecule is O=C(Cc1csc(Nc2cccc(C(F)(F)F)c2)n1)N/N=C\c1ccc(OCc2ccc(Cl)cc2Cl)c(Br)c1.